The summed E-state index contributed by atoms with van der Waals surface area (Å²) >= 11 is 0. The summed E-state index contributed by atoms with van der Waals surface area (Å²) in [5.41, 5.74) is 3.75. The molecule has 4 rings (SSSR count). The van der Waals surface area contributed by atoms with E-state index in [0.29, 0.717) is 22.5 Å². The van der Waals surface area contributed by atoms with Crippen LogP contribution in [0.3, 0.4) is 0 Å². The molecule has 0 spiro atoms. The van der Waals surface area contributed by atoms with E-state index in [-0.39, 0.29) is 12.4 Å². The van der Waals surface area contributed by atoms with Crippen molar-refractivity contribution in [2.24, 2.45) is 0 Å². The van der Waals surface area contributed by atoms with Crippen LogP contribution in [0.15, 0.2) is 52.9 Å². The Kier molecular flexibility index (Phi) is 4.01. The van der Waals surface area contributed by atoms with E-state index in [0.717, 1.165) is 16.6 Å². The number of anilines is 2. The van der Waals surface area contributed by atoms with Gasteiger partial charge in [0.05, 0.1) is 6.61 Å². The molecule has 0 unspecified atom stereocenters. The molecule has 0 aliphatic carbocycles. The molecule has 2 heterocycles. The molecule has 0 saturated carbocycles. The molecule has 0 amide bonds. The Bertz CT molecular complexity index is 1100. The SMILES string of the molecule is CCOC(=O)c1nc(Nc2ccc(C)cc2)c2oc3ccccc3c2n1. The number of hydrogen-bond donors (Lipinski definition) is 1. The van der Waals surface area contributed by atoms with Gasteiger partial charge in [-0.15, -0.1) is 0 Å². The summed E-state index contributed by atoms with van der Waals surface area (Å²) in [6.45, 7) is 4.02. The molecule has 0 radical (unpaired) electrons. The minimum atomic E-state index is -0.563. The summed E-state index contributed by atoms with van der Waals surface area (Å²) in [4.78, 5) is 20.9. The Morgan fingerprint density at radius 3 is 2.65 bits per heavy atom. The van der Waals surface area contributed by atoms with Crippen LogP contribution in [0.2, 0.25) is 0 Å². The minimum Gasteiger partial charge on any atom is -0.460 e. The summed E-state index contributed by atoms with van der Waals surface area (Å²) in [6, 6.07) is 15.4. The summed E-state index contributed by atoms with van der Waals surface area (Å²) in [6.07, 6.45) is 0. The summed E-state index contributed by atoms with van der Waals surface area (Å²) in [5.74, 6) is -0.134. The Labute approximate surface area is 149 Å². The number of rotatable bonds is 4. The number of esters is 1. The molecule has 2 aromatic heterocycles. The highest BCUT2D eigenvalue weighted by Crippen LogP contribution is 2.32. The third-order valence-electron chi connectivity index (χ3n) is 3.99. The number of para-hydroxylation sites is 1. The zero-order valence-electron chi connectivity index (χ0n) is 14.4. The normalized spacial score (nSPS) is 11.0. The number of benzene rings is 2. The molecule has 6 nitrogen and oxygen atoms in total. The molecule has 0 fully saturated rings. The van der Waals surface area contributed by atoms with Gasteiger partial charge < -0.3 is 14.5 Å². The highest BCUT2D eigenvalue weighted by Gasteiger charge is 2.20. The van der Waals surface area contributed by atoms with Crippen molar-refractivity contribution in [3.8, 4) is 0 Å². The molecule has 4 aromatic rings. The van der Waals surface area contributed by atoms with Gasteiger partial charge in [-0.1, -0.05) is 29.8 Å². The lowest BCUT2D eigenvalue weighted by molar-refractivity contribution is 0.0512. The van der Waals surface area contributed by atoms with Crippen LogP contribution in [0, 0.1) is 6.92 Å². The van der Waals surface area contributed by atoms with Crippen LogP contribution < -0.4 is 5.32 Å². The molecular formula is C20H17N3O3. The third kappa shape index (κ3) is 2.86. The number of aromatic nitrogens is 2. The maximum absolute atomic E-state index is 12.2. The number of hydrogen-bond acceptors (Lipinski definition) is 6. The number of nitrogens with one attached hydrogen (secondary N) is 1. The van der Waals surface area contributed by atoms with Crippen molar-refractivity contribution in [1.29, 1.82) is 0 Å². The lowest BCUT2D eigenvalue weighted by Crippen LogP contribution is -2.11. The highest BCUT2D eigenvalue weighted by molar-refractivity contribution is 6.07. The van der Waals surface area contributed by atoms with E-state index in [1.807, 2.05) is 55.5 Å². The fraction of sp³-hybridized carbons (Fsp3) is 0.150. The number of nitrogens with zero attached hydrogens (tertiary/aromatic N) is 2. The average Bonchev–Trinajstić information content (AvgIpc) is 3.03. The smallest absolute Gasteiger partial charge is 0.376 e. The summed E-state index contributed by atoms with van der Waals surface area (Å²) in [7, 11) is 0. The number of ether oxygens (including phenoxy) is 1. The molecule has 26 heavy (non-hydrogen) atoms. The fourth-order valence-electron chi connectivity index (χ4n) is 2.74. The van der Waals surface area contributed by atoms with Crippen LogP contribution in [-0.4, -0.2) is 22.5 Å². The van der Waals surface area contributed by atoms with E-state index in [2.05, 4.69) is 15.3 Å². The standard InChI is InChI=1S/C20H17N3O3/c1-3-25-20(24)19-22-16-14-6-4-5-7-15(14)26-17(16)18(23-19)21-13-10-8-12(2)9-11-13/h4-11H,3H2,1-2H3,(H,21,22,23). The van der Waals surface area contributed by atoms with Crippen molar-refractivity contribution in [3.05, 3.63) is 59.9 Å². The van der Waals surface area contributed by atoms with Crippen LogP contribution in [0.25, 0.3) is 22.1 Å². The molecule has 2 aromatic carbocycles. The van der Waals surface area contributed by atoms with E-state index < -0.39 is 5.97 Å². The Morgan fingerprint density at radius 1 is 1.12 bits per heavy atom. The zero-order valence-corrected chi connectivity index (χ0v) is 14.4. The topological polar surface area (TPSA) is 77.2 Å². The molecule has 0 bridgehead atoms. The lowest BCUT2D eigenvalue weighted by atomic mass is 10.2. The predicted molar refractivity (Wildman–Crippen MR) is 99.7 cm³/mol. The predicted octanol–water partition coefficient (Wildman–Crippen LogP) is 4.60. The van der Waals surface area contributed by atoms with Gasteiger partial charge in [0.15, 0.2) is 11.4 Å². The second-order valence-corrected chi connectivity index (χ2v) is 5.88. The molecule has 0 atom stereocenters. The molecular weight excluding hydrogens is 330 g/mol. The third-order valence-corrected chi connectivity index (χ3v) is 3.99. The van der Waals surface area contributed by atoms with Crippen LogP contribution in [-0.2, 0) is 4.74 Å². The van der Waals surface area contributed by atoms with E-state index in [9.17, 15) is 4.79 Å². The first-order chi connectivity index (χ1) is 12.7. The highest BCUT2D eigenvalue weighted by atomic mass is 16.5. The van der Waals surface area contributed by atoms with Crippen molar-refractivity contribution in [2.45, 2.75) is 13.8 Å². The van der Waals surface area contributed by atoms with Crippen LogP contribution in [0.5, 0.6) is 0 Å². The summed E-state index contributed by atoms with van der Waals surface area (Å²) < 4.78 is 11.0. The second-order valence-electron chi connectivity index (χ2n) is 5.88. The van der Waals surface area contributed by atoms with E-state index in [1.165, 1.54) is 0 Å². The maximum Gasteiger partial charge on any atom is 0.376 e. The first-order valence-corrected chi connectivity index (χ1v) is 8.36. The molecule has 0 aliphatic heterocycles. The van der Waals surface area contributed by atoms with Crippen molar-refractivity contribution < 1.29 is 13.9 Å². The molecule has 0 saturated heterocycles. The van der Waals surface area contributed by atoms with Gasteiger partial charge in [0, 0.05) is 11.1 Å². The Hall–Kier alpha value is -3.41. The van der Waals surface area contributed by atoms with Crippen molar-refractivity contribution in [3.63, 3.8) is 0 Å². The number of furan rings is 1. The number of carbonyl (C=O) groups is 1. The van der Waals surface area contributed by atoms with Crippen LogP contribution >= 0.6 is 0 Å². The van der Waals surface area contributed by atoms with Gasteiger partial charge in [-0.25, -0.2) is 14.8 Å². The minimum absolute atomic E-state index is 0.000477. The molecule has 6 heteroatoms. The second kappa shape index (κ2) is 6.48. The van der Waals surface area contributed by atoms with Crippen molar-refractivity contribution in [2.75, 3.05) is 11.9 Å². The molecule has 130 valence electrons. The fourth-order valence-corrected chi connectivity index (χ4v) is 2.74. The monoisotopic (exact) mass is 347 g/mol. The molecule has 0 aliphatic rings. The van der Waals surface area contributed by atoms with Crippen LogP contribution in [0.1, 0.15) is 23.1 Å². The summed E-state index contributed by atoms with van der Waals surface area (Å²) in [5, 5.41) is 4.04. The zero-order chi connectivity index (χ0) is 18.1. The maximum atomic E-state index is 12.2. The first-order valence-electron chi connectivity index (χ1n) is 8.36. The molecule has 1 N–H and O–H groups in total. The van der Waals surface area contributed by atoms with Crippen LogP contribution in [0.4, 0.5) is 11.5 Å². The lowest BCUT2D eigenvalue weighted by Gasteiger charge is -2.08. The van der Waals surface area contributed by atoms with Gasteiger partial charge in [0.1, 0.15) is 11.1 Å². The van der Waals surface area contributed by atoms with Crippen molar-refractivity contribution >= 4 is 39.5 Å². The first kappa shape index (κ1) is 16.1. The van der Waals surface area contributed by atoms with E-state index >= 15 is 0 Å². The quantitative estimate of drug-likeness (QED) is 0.543. The van der Waals surface area contributed by atoms with Gasteiger partial charge in [0.2, 0.25) is 5.82 Å². The van der Waals surface area contributed by atoms with Gasteiger partial charge in [0.25, 0.3) is 0 Å². The average molecular weight is 347 g/mol. The van der Waals surface area contributed by atoms with E-state index in [4.69, 9.17) is 9.15 Å². The van der Waals surface area contributed by atoms with E-state index in [1.54, 1.807) is 6.92 Å². The van der Waals surface area contributed by atoms with Crippen molar-refractivity contribution in [1.82, 2.24) is 9.97 Å². The Morgan fingerprint density at radius 2 is 1.88 bits per heavy atom. The van der Waals surface area contributed by atoms with Gasteiger partial charge in [-0.2, -0.15) is 0 Å². The number of aryl methyl sites for hydroxylation is 1. The number of carbonyl (C=O) groups excluding carboxylic acids is 1. The van der Waals surface area contributed by atoms with Gasteiger partial charge in [-0.3, -0.25) is 0 Å². The number of fused-ring (bicyclic) bond motifs is 3. The Balaban J connectivity index is 1.90. The van der Waals surface area contributed by atoms with Gasteiger partial charge >= 0.3 is 5.97 Å². The largest absolute Gasteiger partial charge is 0.460 e. The van der Waals surface area contributed by atoms with Gasteiger partial charge in [-0.05, 0) is 38.1 Å².